The van der Waals surface area contributed by atoms with E-state index in [1.807, 2.05) is 23.9 Å². The number of carbonyl (C=O) groups is 1. The summed E-state index contributed by atoms with van der Waals surface area (Å²) in [4.78, 5) is 12.9. The zero-order valence-electron chi connectivity index (χ0n) is 10.0. The van der Waals surface area contributed by atoms with Crippen LogP contribution >= 0.6 is 11.8 Å². The highest BCUT2D eigenvalue weighted by molar-refractivity contribution is 8.00. The number of hydrogen-bond donors (Lipinski definition) is 1. The largest absolute Gasteiger partial charge is 0.330 e. The van der Waals surface area contributed by atoms with Gasteiger partial charge in [0.25, 0.3) is 0 Å². The number of Topliss-reactive ketones (excluding diaryl/α,β-unsaturated/α-hetero) is 1. The van der Waals surface area contributed by atoms with Gasteiger partial charge in [-0.2, -0.15) is 0 Å². The monoisotopic (exact) mass is 249 g/mol. The van der Waals surface area contributed by atoms with E-state index in [1.165, 1.54) is 30.6 Å². The minimum Gasteiger partial charge on any atom is -0.330 e. The topological polar surface area (TPSA) is 43.1 Å². The zero-order valence-corrected chi connectivity index (χ0v) is 10.8. The maximum Gasteiger partial charge on any atom is 0.164 e. The second-order valence-electron chi connectivity index (χ2n) is 4.51. The van der Waals surface area contributed by atoms with Gasteiger partial charge >= 0.3 is 0 Å². The van der Waals surface area contributed by atoms with Gasteiger partial charge in [0.05, 0.1) is 0 Å². The molecular weight excluding hydrogens is 230 g/mol. The van der Waals surface area contributed by atoms with E-state index in [9.17, 15) is 4.79 Å². The van der Waals surface area contributed by atoms with E-state index in [0.29, 0.717) is 13.0 Å². The number of nitrogens with two attached hydrogens (primary N) is 1. The average Bonchev–Trinajstić information content (AvgIpc) is 2.83. The Bertz CT molecular complexity index is 368. The van der Waals surface area contributed by atoms with Gasteiger partial charge in [-0.15, -0.1) is 11.8 Å². The summed E-state index contributed by atoms with van der Waals surface area (Å²) in [6.07, 6.45) is 5.83. The summed E-state index contributed by atoms with van der Waals surface area (Å²) in [6.45, 7) is 0.428. The van der Waals surface area contributed by atoms with Crippen molar-refractivity contribution in [1.29, 1.82) is 0 Å². The molecule has 3 heteroatoms. The van der Waals surface area contributed by atoms with Crippen LogP contribution in [0.3, 0.4) is 0 Å². The van der Waals surface area contributed by atoms with Crippen LogP contribution in [0.25, 0.3) is 0 Å². The molecule has 0 heterocycles. The highest BCUT2D eigenvalue weighted by Crippen LogP contribution is 2.34. The molecule has 1 fully saturated rings. The summed E-state index contributed by atoms with van der Waals surface area (Å²) in [5.41, 5.74) is 6.16. The number of carbonyl (C=O) groups excluding carboxylic acids is 1. The Labute approximate surface area is 107 Å². The van der Waals surface area contributed by atoms with Crippen LogP contribution in [0.5, 0.6) is 0 Å². The zero-order chi connectivity index (χ0) is 12.1. The summed E-state index contributed by atoms with van der Waals surface area (Å²) in [5.74, 6) is 0.143. The van der Waals surface area contributed by atoms with Crippen molar-refractivity contribution < 1.29 is 4.79 Å². The molecule has 0 spiro atoms. The van der Waals surface area contributed by atoms with Crippen LogP contribution in [0.15, 0.2) is 29.2 Å². The number of rotatable bonds is 5. The molecule has 0 aromatic heterocycles. The van der Waals surface area contributed by atoms with Gasteiger partial charge in [0.15, 0.2) is 5.78 Å². The molecule has 0 unspecified atom stereocenters. The Hall–Kier alpha value is -0.800. The molecule has 2 rings (SSSR count). The van der Waals surface area contributed by atoms with Crippen molar-refractivity contribution in [3.8, 4) is 0 Å². The fourth-order valence-electron chi connectivity index (χ4n) is 2.19. The smallest absolute Gasteiger partial charge is 0.164 e. The number of benzene rings is 1. The molecule has 1 saturated carbocycles. The van der Waals surface area contributed by atoms with E-state index in [4.69, 9.17) is 5.73 Å². The molecule has 0 aliphatic heterocycles. The highest BCUT2D eigenvalue weighted by atomic mass is 32.2. The lowest BCUT2D eigenvalue weighted by molar-refractivity contribution is 0.0985. The van der Waals surface area contributed by atoms with Crippen LogP contribution in [-0.4, -0.2) is 17.6 Å². The molecule has 1 aliphatic rings. The van der Waals surface area contributed by atoms with Gasteiger partial charge in [-0.1, -0.05) is 25.0 Å². The third-order valence-corrected chi connectivity index (χ3v) is 4.50. The molecule has 0 atom stereocenters. The van der Waals surface area contributed by atoms with E-state index < -0.39 is 0 Å². The molecule has 2 N–H and O–H groups in total. The average molecular weight is 249 g/mol. The lowest BCUT2D eigenvalue weighted by atomic mass is 10.1. The van der Waals surface area contributed by atoms with Crippen molar-refractivity contribution >= 4 is 17.5 Å². The van der Waals surface area contributed by atoms with E-state index in [0.717, 1.165) is 10.8 Å². The standard InChI is InChI=1S/C14H19NOS/c15-10-9-14(16)11-5-7-13(8-6-11)17-12-3-1-2-4-12/h5-8,12H,1-4,9-10,15H2. The third kappa shape index (κ3) is 3.58. The van der Waals surface area contributed by atoms with Gasteiger partial charge in [-0.25, -0.2) is 0 Å². The second-order valence-corrected chi connectivity index (χ2v) is 5.88. The number of thioether (sulfide) groups is 1. The molecule has 92 valence electrons. The first-order chi connectivity index (χ1) is 8.29. The van der Waals surface area contributed by atoms with E-state index >= 15 is 0 Å². The van der Waals surface area contributed by atoms with Crippen molar-refractivity contribution in [2.24, 2.45) is 5.73 Å². The van der Waals surface area contributed by atoms with Crippen molar-refractivity contribution in [2.45, 2.75) is 42.2 Å². The van der Waals surface area contributed by atoms with Crippen molar-refractivity contribution in [2.75, 3.05) is 6.54 Å². The number of ketones is 1. The van der Waals surface area contributed by atoms with Crippen LogP contribution in [0.2, 0.25) is 0 Å². The van der Waals surface area contributed by atoms with Gasteiger partial charge in [0, 0.05) is 22.1 Å². The summed E-state index contributed by atoms with van der Waals surface area (Å²) in [6, 6.07) is 7.98. The molecule has 17 heavy (non-hydrogen) atoms. The quantitative estimate of drug-likeness (QED) is 0.815. The molecule has 0 bridgehead atoms. The first-order valence-corrected chi connectivity index (χ1v) is 7.17. The fraction of sp³-hybridized carbons (Fsp3) is 0.500. The van der Waals surface area contributed by atoms with E-state index in [-0.39, 0.29) is 5.78 Å². The van der Waals surface area contributed by atoms with Gasteiger partial charge < -0.3 is 5.73 Å². The Morgan fingerprint density at radius 2 is 1.88 bits per heavy atom. The van der Waals surface area contributed by atoms with Gasteiger partial charge in [0.1, 0.15) is 0 Å². The summed E-state index contributed by atoms with van der Waals surface area (Å²) >= 11 is 1.95. The molecule has 0 amide bonds. The maximum absolute atomic E-state index is 11.6. The molecule has 0 saturated heterocycles. The Kier molecular flexibility index (Phi) is 4.63. The number of hydrogen-bond acceptors (Lipinski definition) is 3. The van der Waals surface area contributed by atoms with E-state index in [1.54, 1.807) is 0 Å². The van der Waals surface area contributed by atoms with Crippen LogP contribution in [0, 0.1) is 0 Å². The molecule has 0 radical (unpaired) electrons. The molecular formula is C14H19NOS. The Balaban J connectivity index is 1.94. The summed E-state index contributed by atoms with van der Waals surface area (Å²) in [5, 5.41) is 0.778. The van der Waals surface area contributed by atoms with Crippen molar-refractivity contribution in [1.82, 2.24) is 0 Å². The first kappa shape index (κ1) is 12.7. The summed E-state index contributed by atoms with van der Waals surface area (Å²) in [7, 11) is 0. The predicted octanol–water partition coefficient (Wildman–Crippen LogP) is 3.25. The molecule has 2 nitrogen and oxygen atoms in total. The van der Waals surface area contributed by atoms with Crippen molar-refractivity contribution in [3.63, 3.8) is 0 Å². The fourth-order valence-corrected chi connectivity index (χ4v) is 3.44. The van der Waals surface area contributed by atoms with E-state index in [2.05, 4.69) is 12.1 Å². The van der Waals surface area contributed by atoms with Gasteiger partial charge in [0.2, 0.25) is 0 Å². The van der Waals surface area contributed by atoms with Gasteiger partial charge in [-0.3, -0.25) is 4.79 Å². The molecule has 1 aromatic carbocycles. The summed E-state index contributed by atoms with van der Waals surface area (Å²) < 4.78 is 0. The van der Waals surface area contributed by atoms with Crippen molar-refractivity contribution in [3.05, 3.63) is 29.8 Å². The first-order valence-electron chi connectivity index (χ1n) is 6.29. The SMILES string of the molecule is NCCC(=O)c1ccc(SC2CCCC2)cc1. The van der Waals surface area contributed by atoms with Gasteiger partial charge in [-0.05, 0) is 31.5 Å². The maximum atomic E-state index is 11.6. The molecule has 1 aliphatic carbocycles. The minimum atomic E-state index is 0.143. The minimum absolute atomic E-state index is 0.143. The van der Waals surface area contributed by atoms with Crippen LogP contribution in [0.4, 0.5) is 0 Å². The Morgan fingerprint density at radius 1 is 1.24 bits per heavy atom. The third-order valence-electron chi connectivity index (χ3n) is 3.15. The van der Waals surface area contributed by atoms with Crippen LogP contribution in [-0.2, 0) is 0 Å². The second kappa shape index (κ2) is 6.22. The van der Waals surface area contributed by atoms with Crippen LogP contribution < -0.4 is 5.73 Å². The lowest BCUT2D eigenvalue weighted by Gasteiger charge is -2.08. The highest BCUT2D eigenvalue weighted by Gasteiger charge is 2.16. The molecule has 1 aromatic rings. The predicted molar refractivity (Wildman–Crippen MR) is 72.6 cm³/mol. The normalized spacial score (nSPS) is 16.3. The Morgan fingerprint density at radius 3 is 2.47 bits per heavy atom. The van der Waals surface area contributed by atoms with Crippen LogP contribution in [0.1, 0.15) is 42.5 Å². The lowest BCUT2D eigenvalue weighted by Crippen LogP contribution is -2.07.